The Labute approximate surface area is 108 Å². The molecule has 0 spiro atoms. The highest BCUT2D eigenvalue weighted by molar-refractivity contribution is 5.85. The number of amides is 1. The van der Waals surface area contributed by atoms with Crippen LogP contribution in [0, 0.1) is 5.92 Å². The molecule has 0 saturated heterocycles. The molecule has 0 heterocycles. The van der Waals surface area contributed by atoms with E-state index in [2.05, 4.69) is 10.6 Å². The van der Waals surface area contributed by atoms with E-state index >= 15 is 0 Å². The van der Waals surface area contributed by atoms with Crippen LogP contribution in [0.1, 0.15) is 18.4 Å². The van der Waals surface area contributed by atoms with Gasteiger partial charge in [0.25, 0.3) is 0 Å². The van der Waals surface area contributed by atoms with Crippen molar-refractivity contribution in [2.24, 2.45) is 5.92 Å². The predicted molar refractivity (Wildman–Crippen MR) is 71.1 cm³/mol. The molecule has 1 aromatic rings. The van der Waals surface area contributed by atoms with Crippen LogP contribution in [-0.4, -0.2) is 19.0 Å². The lowest BCUT2D eigenvalue weighted by Gasteiger charge is -2.06. The summed E-state index contributed by atoms with van der Waals surface area (Å²) in [5.74, 6) is 0.895. The summed E-state index contributed by atoms with van der Waals surface area (Å²) >= 11 is 0. The minimum atomic E-state index is 0. The minimum absolute atomic E-state index is 0. The molecule has 0 unspecified atom stereocenters. The fraction of sp³-hybridized carbons (Fsp3) is 0.462. The van der Waals surface area contributed by atoms with Gasteiger partial charge < -0.3 is 10.6 Å². The van der Waals surface area contributed by atoms with E-state index in [4.69, 9.17) is 0 Å². The largest absolute Gasteiger partial charge is 0.351 e. The van der Waals surface area contributed by atoms with Gasteiger partial charge in [0.05, 0.1) is 6.54 Å². The molecular formula is C13H19ClN2O. The first-order valence-corrected chi connectivity index (χ1v) is 5.86. The molecule has 2 N–H and O–H groups in total. The van der Waals surface area contributed by atoms with E-state index in [-0.39, 0.29) is 18.3 Å². The second-order valence-corrected chi connectivity index (χ2v) is 4.34. The highest BCUT2D eigenvalue weighted by Gasteiger charge is 2.20. The first-order valence-electron chi connectivity index (χ1n) is 5.86. The van der Waals surface area contributed by atoms with Gasteiger partial charge in [-0.15, -0.1) is 12.4 Å². The van der Waals surface area contributed by atoms with Gasteiger partial charge in [0.1, 0.15) is 0 Å². The molecular weight excluding hydrogens is 236 g/mol. The predicted octanol–water partition coefficient (Wildman–Crippen LogP) is 1.72. The summed E-state index contributed by atoms with van der Waals surface area (Å²) < 4.78 is 0. The number of hydrogen-bond donors (Lipinski definition) is 2. The Morgan fingerprint density at radius 3 is 2.59 bits per heavy atom. The summed E-state index contributed by atoms with van der Waals surface area (Å²) in [5.41, 5.74) is 1.14. The van der Waals surface area contributed by atoms with Crippen LogP contribution >= 0.6 is 12.4 Å². The molecule has 1 saturated carbocycles. The normalized spacial score (nSPS) is 13.9. The molecule has 4 heteroatoms. The highest BCUT2D eigenvalue weighted by Crippen LogP contribution is 2.27. The SMILES string of the molecule is Cl.O=C(CNCC1CC1)NCc1ccccc1. The minimum Gasteiger partial charge on any atom is -0.351 e. The average molecular weight is 255 g/mol. The zero-order valence-electron chi connectivity index (χ0n) is 9.82. The quantitative estimate of drug-likeness (QED) is 0.812. The van der Waals surface area contributed by atoms with Crippen molar-refractivity contribution in [3.63, 3.8) is 0 Å². The van der Waals surface area contributed by atoms with Crippen LogP contribution in [0.2, 0.25) is 0 Å². The van der Waals surface area contributed by atoms with Crippen molar-refractivity contribution in [2.45, 2.75) is 19.4 Å². The van der Waals surface area contributed by atoms with Crippen LogP contribution in [0.4, 0.5) is 0 Å². The molecule has 94 valence electrons. The maximum Gasteiger partial charge on any atom is 0.234 e. The Bertz CT molecular complexity index is 339. The molecule has 1 aliphatic rings. The standard InChI is InChI=1S/C13H18N2O.ClH/c16-13(10-14-8-12-6-7-12)15-9-11-4-2-1-3-5-11;/h1-5,12,14H,6-10H2,(H,15,16);1H. The maximum absolute atomic E-state index is 11.4. The zero-order valence-corrected chi connectivity index (χ0v) is 10.6. The van der Waals surface area contributed by atoms with Crippen molar-refractivity contribution in [1.82, 2.24) is 10.6 Å². The number of carbonyl (C=O) groups excluding carboxylic acids is 1. The van der Waals surface area contributed by atoms with Gasteiger partial charge in [-0.2, -0.15) is 0 Å². The molecule has 17 heavy (non-hydrogen) atoms. The topological polar surface area (TPSA) is 41.1 Å². The van der Waals surface area contributed by atoms with Crippen LogP contribution in [0.5, 0.6) is 0 Å². The van der Waals surface area contributed by atoms with E-state index in [0.717, 1.165) is 18.0 Å². The van der Waals surface area contributed by atoms with Gasteiger partial charge in [0.2, 0.25) is 5.91 Å². The third-order valence-corrected chi connectivity index (χ3v) is 2.75. The first kappa shape index (κ1) is 14.0. The van der Waals surface area contributed by atoms with E-state index in [1.165, 1.54) is 12.8 Å². The first-order chi connectivity index (χ1) is 7.84. The lowest BCUT2D eigenvalue weighted by atomic mass is 10.2. The Hall–Kier alpha value is -1.06. The average Bonchev–Trinajstić information content (AvgIpc) is 3.12. The molecule has 0 bridgehead atoms. The Kier molecular flexibility index (Phi) is 6.01. The third kappa shape index (κ3) is 5.71. The molecule has 1 fully saturated rings. The number of carbonyl (C=O) groups is 1. The summed E-state index contributed by atoms with van der Waals surface area (Å²) in [6, 6.07) is 9.96. The van der Waals surface area contributed by atoms with Crippen molar-refractivity contribution in [3.8, 4) is 0 Å². The van der Waals surface area contributed by atoms with E-state index < -0.39 is 0 Å². The summed E-state index contributed by atoms with van der Waals surface area (Å²) in [5, 5.41) is 6.06. The molecule has 0 aliphatic heterocycles. The summed E-state index contributed by atoms with van der Waals surface area (Å²) in [6.45, 7) is 2.03. The van der Waals surface area contributed by atoms with Gasteiger partial charge in [0, 0.05) is 6.54 Å². The van der Waals surface area contributed by atoms with Crippen LogP contribution in [0.3, 0.4) is 0 Å². The van der Waals surface area contributed by atoms with E-state index in [0.29, 0.717) is 13.1 Å². The van der Waals surface area contributed by atoms with Crippen molar-refractivity contribution < 1.29 is 4.79 Å². The van der Waals surface area contributed by atoms with Crippen molar-refractivity contribution >= 4 is 18.3 Å². The summed E-state index contributed by atoms with van der Waals surface area (Å²) in [7, 11) is 0. The number of halogens is 1. The fourth-order valence-electron chi connectivity index (χ4n) is 1.57. The summed E-state index contributed by atoms with van der Waals surface area (Å²) in [4.78, 5) is 11.4. The van der Waals surface area contributed by atoms with Crippen LogP contribution < -0.4 is 10.6 Å². The van der Waals surface area contributed by atoms with E-state index in [9.17, 15) is 4.79 Å². The second-order valence-electron chi connectivity index (χ2n) is 4.34. The number of benzene rings is 1. The van der Waals surface area contributed by atoms with Gasteiger partial charge in [-0.25, -0.2) is 0 Å². The monoisotopic (exact) mass is 254 g/mol. The Morgan fingerprint density at radius 2 is 1.94 bits per heavy atom. The smallest absolute Gasteiger partial charge is 0.234 e. The molecule has 2 rings (SSSR count). The van der Waals surface area contributed by atoms with Crippen molar-refractivity contribution in [3.05, 3.63) is 35.9 Å². The number of nitrogens with one attached hydrogen (secondary N) is 2. The number of hydrogen-bond acceptors (Lipinski definition) is 2. The zero-order chi connectivity index (χ0) is 11.2. The van der Waals surface area contributed by atoms with E-state index in [1.807, 2.05) is 30.3 Å². The van der Waals surface area contributed by atoms with E-state index in [1.54, 1.807) is 0 Å². The van der Waals surface area contributed by atoms with Crippen LogP contribution in [0.15, 0.2) is 30.3 Å². The lowest BCUT2D eigenvalue weighted by Crippen LogP contribution is -2.34. The van der Waals surface area contributed by atoms with Gasteiger partial charge in [-0.05, 0) is 30.9 Å². The Morgan fingerprint density at radius 1 is 1.24 bits per heavy atom. The molecule has 1 amide bonds. The van der Waals surface area contributed by atoms with Gasteiger partial charge in [-0.3, -0.25) is 4.79 Å². The Balaban J connectivity index is 0.00000144. The van der Waals surface area contributed by atoms with Gasteiger partial charge >= 0.3 is 0 Å². The molecule has 1 aromatic carbocycles. The molecule has 1 aliphatic carbocycles. The lowest BCUT2D eigenvalue weighted by molar-refractivity contribution is -0.120. The molecule has 0 aromatic heterocycles. The third-order valence-electron chi connectivity index (χ3n) is 2.75. The van der Waals surface area contributed by atoms with Crippen molar-refractivity contribution in [2.75, 3.05) is 13.1 Å². The molecule has 0 radical (unpaired) electrons. The molecule has 3 nitrogen and oxygen atoms in total. The number of rotatable bonds is 6. The van der Waals surface area contributed by atoms with Gasteiger partial charge in [-0.1, -0.05) is 30.3 Å². The van der Waals surface area contributed by atoms with Crippen LogP contribution in [-0.2, 0) is 11.3 Å². The maximum atomic E-state index is 11.4. The van der Waals surface area contributed by atoms with Crippen LogP contribution in [0.25, 0.3) is 0 Å². The summed E-state index contributed by atoms with van der Waals surface area (Å²) in [6.07, 6.45) is 2.64. The highest BCUT2D eigenvalue weighted by atomic mass is 35.5. The fourth-order valence-corrected chi connectivity index (χ4v) is 1.57. The van der Waals surface area contributed by atoms with Crippen molar-refractivity contribution in [1.29, 1.82) is 0 Å². The van der Waals surface area contributed by atoms with Gasteiger partial charge in [0.15, 0.2) is 0 Å². The second kappa shape index (κ2) is 7.30. The molecule has 0 atom stereocenters.